The molecule has 110 valence electrons. The van der Waals surface area contributed by atoms with Gasteiger partial charge in [-0.2, -0.15) is 0 Å². The molecule has 0 saturated heterocycles. The Kier molecular flexibility index (Phi) is 2.96. The number of hydrogen-bond acceptors (Lipinski definition) is 3. The summed E-state index contributed by atoms with van der Waals surface area (Å²) in [5.74, 6) is 0.640. The third kappa shape index (κ3) is 1.99. The van der Waals surface area contributed by atoms with Gasteiger partial charge in [-0.25, -0.2) is 4.98 Å². The number of rotatable bonds is 2. The molecule has 1 aliphatic heterocycles. The fourth-order valence-electron chi connectivity index (χ4n) is 3.17. The molecular weight excluding hydrogens is 274 g/mol. The van der Waals surface area contributed by atoms with Crippen LogP contribution < -0.4 is 10.5 Å². The number of hydrogen-bond donors (Lipinski definition) is 1. The van der Waals surface area contributed by atoms with Crippen molar-refractivity contribution in [2.24, 2.45) is 0 Å². The number of nitrogens with zero attached hydrogens (tertiary/aromatic N) is 2. The Morgan fingerprint density at radius 2 is 2.09 bits per heavy atom. The molecule has 0 bridgehead atoms. The molecule has 0 spiro atoms. The molecule has 0 aliphatic carbocycles. The molecule has 4 heteroatoms. The highest BCUT2D eigenvalue weighted by Crippen LogP contribution is 2.31. The molecule has 1 N–H and O–H groups in total. The van der Waals surface area contributed by atoms with Crippen molar-refractivity contribution in [3.63, 3.8) is 0 Å². The lowest BCUT2D eigenvalue weighted by atomic mass is 10.1. The summed E-state index contributed by atoms with van der Waals surface area (Å²) < 4.78 is 0. The van der Waals surface area contributed by atoms with Gasteiger partial charge in [0.05, 0.1) is 10.9 Å². The number of aromatic nitrogens is 2. The molecule has 0 radical (unpaired) electrons. The quantitative estimate of drug-likeness (QED) is 0.789. The summed E-state index contributed by atoms with van der Waals surface area (Å²) in [4.78, 5) is 22.1. The van der Waals surface area contributed by atoms with Crippen molar-refractivity contribution in [2.45, 2.75) is 13.3 Å². The lowest BCUT2D eigenvalue weighted by Crippen LogP contribution is -2.18. The van der Waals surface area contributed by atoms with Gasteiger partial charge in [-0.3, -0.25) is 4.79 Å². The zero-order valence-electron chi connectivity index (χ0n) is 12.5. The first-order valence-corrected chi connectivity index (χ1v) is 7.63. The molecule has 0 amide bonds. The van der Waals surface area contributed by atoms with Crippen LogP contribution in [0.1, 0.15) is 12.5 Å². The summed E-state index contributed by atoms with van der Waals surface area (Å²) in [5.41, 5.74) is 4.25. The van der Waals surface area contributed by atoms with Gasteiger partial charge < -0.3 is 9.88 Å². The normalized spacial score (nSPS) is 13.6. The van der Waals surface area contributed by atoms with Crippen LogP contribution in [-0.4, -0.2) is 23.1 Å². The highest BCUT2D eigenvalue weighted by Gasteiger charge is 2.18. The molecule has 22 heavy (non-hydrogen) atoms. The van der Waals surface area contributed by atoms with Crippen molar-refractivity contribution in [3.8, 4) is 11.4 Å². The summed E-state index contributed by atoms with van der Waals surface area (Å²) in [5, 5.41) is 0.629. The maximum absolute atomic E-state index is 12.2. The van der Waals surface area contributed by atoms with Crippen molar-refractivity contribution < 1.29 is 0 Å². The van der Waals surface area contributed by atoms with Crippen molar-refractivity contribution >= 4 is 16.6 Å². The van der Waals surface area contributed by atoms with Crippen LogP contribution in [-0.2, 0) is 6.42 Å². The minimum absolute atomic E-state index is 0.0868. The first-order chi connectivity index (χ1) is 10.8. The zero-order chi connectivity index (χ0) is 15.1. The highest BCUT2D eigenvalue weighted by molar-refractivity contribution is 5.79. The Labute approximate surface area is 128 Å². The average Bonchev–Trinajstić information content (AvgIpc) is 2.97. The summed E-state index contributed by atoms with van der Waals surface area (Å²) in [6.07, 6.45) is 1.05. The highest BCUT2D eigenvalue weighted by atomic mass is 16.1. The Balaban J connectivity index is 1.84. The Morgan fingerprint density at radius 1 is 1.23 bits per heavy atom. The van der Waals surface area contributed by atoms with E-state index >= 15 is 0 Å². The number of H-pyrrole nitrogens is 1. The van der Waals surface area contributed by atoms with E-state index in [0.29, 0.717) is 11.2 Å². The van der Waals surface area contributed by atoms with Gasteiger partial charge in [0.2, 0.25) is 0 Å². The van der Waals surface area contributed by atoms with Crippen LogP contribution in [0, 0.1) is 0 Å². The fourth-order valence-corrected chi connectivity index (χ4v) is 3.17. The number of anilines is 1. The number of likely N-dealkylation sites (N-methyl/N-ethyl adjacent to an activating group) is 1. The minimum atomic E-state index is -0.0868. The van der Waals surface area contributed by atoms with Crippen LogP contribution in [0.3, 0.4) is 0 Å². The number of benzene rings is 2. The monoisotopic (exact) mass is 291 g/mol. The fraction of sp³-hybridized carbons (Fsp3) is 0.222. The van der Waals surface area contributed by atoms with Gasteiger partial charge in [0, 0.05) is 24.3 Å². The van der Waals surface area contributed by atoms with Crippen LogP contribution in [0.4, 0.5) is 5.69 Å². The van der Waals surface area contributed by atoms with E-state index in [9.17, 15) is 4.79 Å². The van der Waals surface area contributed by atoms with Gasteiger partial charge in [-0.15, -0.1) is 0 Å². The predicted molar refractivity (Wildman–Crippen MR) is 89.4 cm³/mol. The SMILES string of the molecule is CCN1CCc2cc(-c3nc4ccccc4c(=O)[nH]3)ccc21. The van der Waals surface area contributed by atoms with E-state index in [1.807, 2.05) is 24.3 Å². The van der Waals surface area contributed by atoms with Crippen LogP contribution in [0.5, 0.6) is 0 Å². The molecule has 2 heterocycles. The minimum Gasteiger partial charge on any atom is -0.371 e. The molecule has 4 rings (SSSR count). The van der Waals surface area contributed by atoms with Gasteiger partial charge >= 0.3 is 0 Å². The second-order valence-corrected chi connectivity index (χ2v) is 5.60. The van der Waals surface area contributed by atoms with Crippen LogP contribution in [0.15, 0.2) is 47.3 Å². The standard InChI is InChI=1S/C18H17N3O/c1-2-21-10-9-12-11-13(7-8-16(12)21)17-19-15-6-4-3-5-14(15)18(22)20-17/h3-8,11H,2,9-10H2,1H3,(H,19,20,22). The summed E-state index contributed by atoms with van der Waals surface area (Å²) in [6, 6.07) is 13.8. The average molecular weight is 291 g/mol. The van der Waals surface area contributed by atoms with Gasteiger partial charge in [-0.05, 0) is 49.2 Å². The number of aromatic amines is 1. The lowest BCUT2D eigenvalue weighted by Gasteiger charge is -2.16. The lowest BCUT2D eigenvalue weighted by molar-refractivity contribution is 0.868. The van der Waals surface area contributed by atoms with E-state index in [1.54, 1.807) is 6.07 Å². The molecular formula is C18H17N3O. The van der Waals surface area contributed by atoms with E-state index in [-0.39, 0.29) is 5.56 Å². The second kappa shape index (κ2) is 4.98. The molecule has 0 atom stereocenters. The summed E-state index contributed by atoms with van der Waals surface area (Å²) in [7, 11) is 0. The van der Waals surface area contributed by atoms with Gasteiger partial charge in [0.15, 0.2) is 0 Å². The van der Waals surface area contributed by atoms with Crippen molar-refractivity contribution in [2.75, 3.05) is 18.0 Å². The maximum atomic E-state index is 12.2. The molecule has 0 fully saturated rings. The third-order valence-corrected chi connectivity index (χ3v) is 4.34. The largest absolute Gasteiger partial charge is 0.371 e. The molecule has 1 aromatic heterocycles. The van der Waals surface area contributed by atoms with E-state index < -0.39 is 0 Å². The van der Waals surface area contributed by atoms with Gasteiger partial charge in [0.25, 0.3) is 5.56 Å². The van der Waals surface area contributed by atoms with E-state index in [2.05, 4.69) is 33.9 Å². The second-order valence-electron chi connectivity index (χ2n) is 5.60. The van der Waals surface area contributed by atoms with E-state index in [0.717, 1.165) is 30.6 Å². The summed E-state index contributed by atoms with van der Waals surface area (Å²) in [6.45, 7) is 4.26. The topological polar surface area (TPSA) is 49.0 Å². The molecule has 4 nitrogen and oxygen atoms in total. The number of para-hydroxylation sites is 1. The predicted octanol–water partition coefficient (Wildman–Crippen LogP) is 2.97. The Bertz CT molecular complexity index is 914. The van der Waals surface area contributed by atoms with E-state index in [4.69, 9.17) is 0 Å². The van der Waals surface area contributed by atoms with Crippen molar-refractivity contribution in [1.29, 1.82) is 0 Å². The van der Waals surface area contributed by atoms with Gasteiger partial charge in [0.1, 0.15) is 5.82 Å². The van der Waals surface area contributed by atoms with Crippen LogP contribution >= 0.6 is 0 Å². The first-order valence-electron chi connectivity index (χ1n) is 7.63. The molecule has 2 aromatic carbocycles. The molecule has 0 saturated carbocycles. The van der Waals surface area contributed by atoms with Crippen LogP contribution in [0.2, 0.25) is 0 Å². The number of nitrogens with one attached hydrogen (secondary N) is 1. The third-order valence-electron chi connectivity index (χ3n) is 4.34. The Hall–Kier alpha value is -2.62. The zero-order valence-corrected chi connectivity index (χ0v) is 12.5. The smallest absolute Gasteiger partial charge is 0.259 e. The van der Waals surface area contributed by atoms with Gasteiger partial charge in [-0.1, -0.05) is 12.1 Å². The van der Waals surface area contributed by atoms with Crippen LogP contribution in [0.25, 0.3) is 22.3 Å². The molecule has 1 aliphatic rings. The van der Waals surface area contributed by atoms with Crippen molar-refractivity contribution in [1.82, 2.24) is 9.97 Å². The van der Waals surface area contributed by atoms with Crippen molar-refractivity contribution in [3.05, 3.63) is 58.4 Å². The first kappa shape index (κ1) is 13.1. The molecule has 3 aromatic rings. The number of fused-ring (bicyclic) bond motifs is 2. The maximum Gasteiger partial charge on any atom is 0.259 e. The molecule has 0 unspecified atom stereocenters. The summed E-state index contributed by atoms with van der Waals surface area (Å²) >= 11 is 0. The Morgan fingerprint density at radius 3 is 2.95 bits per heavy atom. The van der Waals surface area contributed by atoms with E-state index in [1.165, 1.54) is 11.3 Å².